The molecule has 122 valence electrons. The number of ether oxygens (including phenoxy) is 3. The minimum atomic E-state index is -1.05. The van der Waals surface area contributed by atoms with Crippen LogP contribution in [0.25, 0.3) is 0 Å². The molecule has 0 saturated carbocycles. The maximum atomic E-state index is 12.3. The van der Waals surface area contributed by atoms with Crippen molar-refractivity contribution >= 4 is 6.09 Å². The van der Waals surface area contributed by atoms with E-state index in [2.05, 4.69) is 0 Å². The summed E-state index contributed by atoms with van der Waals surface area (Å²) in [6.45, 7) is 6.31. The van der Waals surface area contributed by atoms with Crippen LogP contribution in [0.3, 0.4) is 0 Å². The Morgan fingerprint density at radius 1 is 1.43 bits per heavy atom. The van der Waals surface area contributed by atoms with E-state index in [0.29, 0.717) is 32.6 Å². The van der Waals surface area contributed by atoms with E-state index in [1.807, 2.05) is 0 Å². The van der Waals surface area contributed by atoms with E-state index in [9.17, 15) is 15.0 Å². The average Bonchev–Trinajstić information content (AvgIpc) is 2.83. The number of hydrogen-bond acceptors (Lipinski definition) is 6. The van der Waals surface area contributed by atoms with Crippen molar-refractivity contribution in [3.63, 3.8) is 0 Å². The van der Waals surface area contributed by atoms with Crippen molar-refractivity contribution in [2.24, 2.45) is 0 Å². The number of aliphatic hydroxyl groups excluding tert-OH is 2. The summed E-state index contributed by atoms with van der Waals surface area (Å²) in [6, 6.07) is -0.586. The van der Waals surface area contributed by atoms with E-state index in [4.69, 9.17) is 14.2 Å². The predicted octanol–water partition coefficient (Wildman–Crippen LogP) is 0.482. The van der Waals surface area contributed by atoms with Crippen LogP contribution in [0.1, 0.15) is 33.6 Å². The van der Waals surface area contributed by atoms with Crippen molar-refractivity contribution in [1.82, 2.24) is 4.90 Å². The first kappa shape index (κ1) is 16.5. The van der Waals surface area contributed by atoms with Gasteiger partial charge in [-0.25, -0.2) is 4.79 Å². The van der Waals surface area contributed by atoms with Crippen LogP contribution < -0.4 is 0 Å². The Bertz CT molecular complexity index is 374. The van der Waals surface area contributed by atoms with E-state index >= 15 is 0 Å². The van der Waals surface area contributed by atoms with Crippen LogP contribution in [-0.2, 0) is 14.2 Å². The van der Waals surface area contributed by atoms with Crippen LogP contribution in [0, 0.1) is 0 Å². The largest absolute Gasteiger partial charge is 0.444 e. The lowest BCUT2D eigenvalue weighted by atomic mass is 9.92. The third-order valence-corrected chi connectivity index (χ3v) is 3.73. The average molecular weight is 303 g/mol. The molecule has 7 heteroatoms. The van der Waals surface area contributed by atoms with Gasteiger partial charge in [0.2, 0.25) is 0 Å². The molecule has 7 nitrogen and oxygen atoms in total. The van der Waals surface area contributed by atoms with Crippen molar-refractivity contribution < 1.29 is 29.2 Å². The highest BCUT2D eigenvalue weighted by atomic mass is 16.7. The van der Waals surface area contributed by atoms with Crippen LogP contribution in [0.4, 0.5) is 4.79 Å². The summed E-state index contributed by atoms with van der Waals surface area (Å²) in [7, 11) is 0. The maximum absolute atomic E-state index is 12.3. The second-order valence-electron chi connectivity index (χ2n) is 6.55. The van der Waals surface area contributed by atoms with E-state index < -0.39 is 36.2 Å². The molecule has 0 aromatic heterocycles. The first-order valence-corrected chi connectivity index (χ1v) is 7.33. The van der Waals surface area contributed by atoms with Gasteiger partial charge in [0.25, 0.3) is 0 Å². The van der Waals surface area contributed by atoms with Gasteiger partial charge in [0.1, 0.15) is 5.60 Å². The molecule has 2 atom stereocenters. The van der Waals surface area contributed by atoms with Gasteiger partial charge in [0, 0.05) is 19.4 Å². The number of carbonyl (C=O) groups excluding carboxylic acids is 1. The Morgan fingerprint density at radius 3 is 2.57 bits per heavy atom. The molecule has 0 aromatic rings. The molecule has 0 bridgehead atoms. The van der Waals surface area contributed by atoms with Crippen molar-refractivity contribution in [2.45, 2.75) is 57.1 Å². The molecule has 0 aromatic carbocycles. The normalized spacial score (nSPS) is 26.9. The first-order valence-electron chi connectivity index (χ1n) is 7.33. The minimum absolute atomic E-state index is 0.327. The smallest absolute Gasteiger partial charge is 0.410 e. The zero-order valence-corrected chi connectivity index (χ0v) is 12.9. The molecule has 0 radical (unpaired) electrons. The second kappa shape index (κ2) is 6.08. The van der Waals surface area contributed by atoms with Crippen LogP contribution in [0.2, 0.25) is 0 Å². The number of aliphatic hydroxyl groups is 2. The van der Waals surface area contributed by atoms with Gasteiger partial charge in [0.15, 0.2) is 5.79 Å². The highest BCUT2D eigenvalue weighted by Gasteiger charge is 2.48. The fourth-order valence-electron chi connectivity index (χ4n) is 2.76. The van der Waals surface area contributed by atoms with Gasteiger partial charge < -0.3 is 29.3 Å². The topological polar surface area (TPSA) is 88.5 Å². The summed E-state index contributed by atoms with van der Waals surface area (Å²) in [5.74, 6) is -0.751. The Kier molecular flexibility index (Phi) is 4.77. The van der Waals surface area contributed by atoms with Crippen molar-refractivity contribution in [2.75, 3.05) is 26.4 Å². The highest BCUT2D eigenvalue weighted by molar-refractivity contribution is 5.68. The standard InChI is InChI=1S/C14H25NO6/c1-13(2,3)21-12(18)15-5-4-14(19-6-7-20-14)8-10(15)11(17)9-16/h10-11,16-17H,4-9H2,1-3H3/t10-,11-/m1/s1. The molecule has 2 saturated heterocycles. The molecule has 2 rings (SSSR count). The third kappa shape index (κ3) is 3.85. The quantitative estimate of drug-likeness (QED) is 0.771. The Hall–Kier alpha value is -0.890. The molecule has 2 fully saturated rings. The number of amides is 1. The molecule has 2 heterocycles. The van der Waals surface area contributed by atoms with Crippen molar-refractivity contribution in [3.8, 4) is 0 Å². The van der Waals surface area contributed by atoms with Gasteiger partial charge in [-0.2, -0.15) is 0 Å². The molecule has 21 heavy (non-hydrogen) atoms. The summed E-state index contributed by atoms with van der Waals surface area (Å²) in [6.07, 6.45) is -0.690. The van der Waals surface area contributed by atoms with Gasteiger partial charge >= 0.3 is 6.09 Å². The lowest BCUT2D eigenvalue weighted by Crippen LogP contribution is -2.58. The Balaban J connectivity index is 2.11. The van der Waals surface area contributed by atoms with Crippen LogP contribution >= 0.6 is 0 Å². The molecular weight excluding hydrogens is 278 g/mol. The van der Waals surface area contributed by atoms with E-state index in [0.717, 1.165) is 0 Å². The predicted molar refractivity (Wildman–Crippen MR) is 73.7 cm³/mol. The van der Waals surface area contributed by atoms with E-state index in [-0.39, 0.29) is 0 Å². The SMILES string of the molecule is CC(C)(C)OC(=O)N1CCC2(C[C@@H]1[C@H](O)CO)OCCO2. The molecule has 2 aliphatic rings. The number of likely N-dealkylation sites (tertiary alicyclic amines) is 1. The summed E-state index contributed by atoms with van der Waals surface area (Å²) in [5, 5.41) is 19.3. The van der Waals surface area contributed by atoms with Gasteiger partial charge in [-0.15, -0.1) is 0 Å². The van der Waals surface area contributed by atoms with Gasteiger partial charge in [-0.1, -0.05) is 0 Å². The fraction of sp³-hybridized carbons (Fsp3) is 0.929. The molecule has 1 spiro atoms. The molecule has 2 N–H and O–H groups in total. The molecule has 2 aliphatic heterocycles. The summed E-state index contributed by atoms with van der Waals surface area (Å²) in [4.78, 5) is 13.7. The number of rotatable bonds is 2. The van der Waals surface area contributed by atoms with Gasteiger partial charge in [-0.3, -0.25) is 0 Å². The molecule has 1 amide bonds. The zero-order valence-electron chi connectivity index (χ0n) is 12.9. The lowest BCUT2D eigenvalue weighted by Gasteiger charge is -2.44. The van der Waals surface area contributed by atoms with E-state index in [1.54, 1.807) is 20.8 Å². The fourth-order valence-corrected chi connectivity index (χ4v) is 2.76. The summed E-state index contributed by atoms with van der Waals surface area (Å²) >= 11 is 0. The summed E-state index contributed by atoms with van der Waals surface area (Å²) in [5.41, 5.74) is -0.610. The number of piperidine rings is 1. The maximum Gasteiger partial charge on any atom is 0.410 e. The van der Waals surface area contributed by atoms with Crippen LogP contribution in [0.5, 0.6) is 0 Å². The second-order valence-corrected chi connectivity index (χ2v) is 6.55. The van der Waals surface area contributed by atoms with Crippen LogP contribution in [0.15, 0.2) is 0 Å². The highest BCUT2D eigenvalue weighted by Crippen LogP contribution is 2.36. The molecular formula is C14H25NO6. The Labute approximate surface area is 124 Å². The zero-order chi connectivity index (χ0) is 15.7. The van der Waals surface area contributed by atoms with Crippen LogP contribution in [-0.4, -0.2) is 71.1 Å². The van der Waals surface area contributed by atoms with Crippen molar-refractivity contribution in [3.05, 3.63) is 0 Å². The van der Waals surface area contributed by atoms with Gasteiger partial charge in [-0.05, 0) is 20.8 Å². The minimum Gasteiger partial charge on any atom is -0.444 e. The molecule has 0 unspecified atom stereocenters. The number of hydrogen-bond donors (Lipinski definition) is 2. The van der Waals surface area contributed by atoms with Gasteiger partial charge in [0.05, 0.1) is 32.0 Å². The lowest BCUT2D eigenvalue weighted by molar-refractivity contribution is -0.203. The Morgan fingerprint density at radius 2 is 2.05 bits per heavy atom. The molecule has 0 aliphatic carbocycles. The third-order valence-electron chi connectivity index (χ3n) is 3.73. The van der Waals surface area contributed by atoms with E-state index in [1.165, 1.54) is 4.90 Å². The number of carbonyl (C=O) groups is 1. The van der Waals surface area contributed by atoms with Crippen molar-refractivity contribution in [1.29, 1.82) is 0 Å². The number of nitrogens with zero attached hydrogens (tertiary/aromatic N) is 1. The monoisotopic (exact) mass is 303 g/mol. The first-order chi connectivity index (χ1) is 9.76. The summed E-state index contributed by atoms with van der Waals surface area (Å²) < 4.78 is 16.6.